The summed E-state index contributed by atoms with van der Waals surface area (Å²) in [5.74, 6) is 0. The number of hydrogen-bond donors (Lipinski definition) is 0. The first-order valence-corrected chi connectivity index (χ1v) is 7.55. The molecule has 1 aliphatic heterocycles. The Morgan fingerprint density at radius 2 is 2.00 bits per heavy atom. The summed E-state index contributed by atoms with van der Waals surface area (Å²) < 4.78 is 23.7. The number of rotatable bonds is 4. The van der Waals surface area contributed by atoms with Crippen molar-refractivity contribution in [2.45, 2.75) is 24.4 Å². The molecule has 0 saturated carbocycles. The Morgan fingerprint density at radius 1 is 1.31 bits per heavy atom. The molecule has 0 radical (unpaired) electrons. The largest absolute Gasteiger partial charge is 0.335 e. The maximum atomic E-state index is 11.0. The predicted molar refractivity (Wildman–Crippen MR) is 60.9 cm³/mol. The molecular weight excluding hydrogens is 250 g/mol. The zero-order valence-electron chi connectivity index (χ0n) is 8.84. The highest BCUT2D eigenvalue weighted by molar-refractivity contribution is 8.13. The smallest absolute Gasteiger partial charge is 0.280 e. The summed E-state index contributed by atoms with van der Waals surface area (Å²) in [5.41, 5.74) is 0. The van der Waals surface area contributed by atoms with Gasteiger partial charge in [0, 0.05) is 30.0 Å². The molecule has 90 valence electrons. The van der Waals surface area contributed by atoms with Gasteiger partial charge in [0.05, 0.1) is 6.33 Å². The van der Waals surface area contributed by atoms with E-state index in [1.807, 2.05) is 0 Å². The van der Waals surface area contributed by atoms with Crippen LogP contribution in [0, 0.1) is 0 Å². The molecule has 1 aliphatic rings. The van der Waals surface area contributed by atoms with E-state index in [-0.39, 0.29) is 5.03 Å². The SMILES string of the molecule is O=S(=O)(Cl)c1cn(CCN2CCCC2)cn1. The Morgan fingerprint density at radius 3 is 2.56 bits per heavy atom. The van der Waals surface area contributed by atoms with E-state index in [0.717, 1.165) is 26.2 Å². The van der Waals surface area contributed by atoms with Crippen molar-refractivity contribution in [2.75, 3.05) is 19.6 Å². The summed E-state index contributed by atoms with van der Waals surface area (Å²) in [5, 5.41) is -0.0735. The summed E-state index contributed by atoms with van der Waals surface area (Å²) in [4.78, 5) is 6.11. The molecule has 1 saturated heterocycles. The van der Waals surface area contributed by atoms with E-state index in [9.17, 15) is 8.42 Å². The third kappa shape index (κ3) is 2.96. The normalized spacial score (nSPS) is 18.1. The summed E-state index contributed by atoms with van der Waals surface area (Å²) in [7, 11) is 1.49. The maximum absolute atomic E-state index is 11.0. The molecule has 16 heavy (non-hydrogen) atoms. The third-order valence-electron chi connectivity index (χ3n) is 2.73. The highest BCUT2D eigenvalue weighted by Gasteiger charge is 2.14. The van der Waals surface area contributed by atoms with Crippen molar-refractivity contribution in [3.63, 3.8) is 0 Å². The van der Waals surface area contributed by atoms with Gasteiger partial charge in [-0.25, -0.2) is 13.4 Å². The summed E-state index contributed by atoms with van der Waals surface area (Å²) >= 11 is 0. The lowest BCUT2D eigenvalue weighted by Crippen LogP contribution is -2.23. The Bertz CT molecular complexity index is 451. The molecule has 0 unspecified atom stereocenters. The number of imidazole rings is 1. The van der Waals surface area contributed by atoms with E-state index < -0.39 is 9.05 Å². The van der Waals surface area contributed by atoms with Crippen LogP contribution < -0.4 is 0 Å². The fraction of sp³-hybridized carbons (Fsp3) is 0.667. The minimum Gasteiger partial charge on any atom is -0.335 e. The van der Waals surface area contributed by atoms with Crippen LogP contribution in [-0.4, -0.2) is 42.5 Å². The molecule has 0 N–H and O–H groups in total. The average molecular weight is 264 g/mol. The predicted octanol–water partition coefficient (Wildman–Crippen LogP) is 0.906. The van der Waals surface area contributed by atoms with E-state index in [1.54, 1.807) is 4.57 Å². The van der Waals surface area contributed by atoms with Gasteiger partial charge < -0.3 is 9.47 Å². The molecule has 1 aromatic heterocycles. The van der Waals surface area contributed by atoms with Crippen LogP contribution >= 0.6 is 10.7 Å². The topological polar surface area (TPSA) is 55.2 Å². The molecule has 0 spiro atoms. The van der Waals surface area contributed by atoms with E-state index in [1.165, 1.54) is 25.4 Å². The number of aromatic nitrogens is 2. The standard InChI is InChI=1S/C9H14ClN3O2S/c10-16(14,15)9-7-13(8-11-9)6-5-12-3-1-2-4-12/h7-8H,1-6H2. The minimum atomic E-state index is -3.69. The molecule has 0 atom stereocenters. The first kappa shape index (κ1) is 11.9. The van der Waals surface area contributed by atoms with Crippen LogP contribution in [0.15, 0.2) is 17.6 Å². The van der Waals surface area contributed by atoms with Crippen LogP contribution in [0.5, 0.6) is 0 Å². The highest BCUT2D eigenvalue weighted by Crippen LogP contribution is 2.12. The van der Waals surface area contributed by atoms with Gasteiger partial charge in [-0.15, -0.1) is 0 Å². The minimum absolute atomic E-state index is 0.0735. The number of halogens is 1. The lowest BCUT2D eigenvalue weighted by atomic mass is 10.4. The first-order valence-electron chi connectivity index (χ1n) is 5.24. The van der Waals surface area contributed by atoms with Gasteiger partial charge in [-0.1, -0.05) is 0 Å². The van der Waals surface area contributed by atoms with Crippen LogP contribution in [0.3, 0.4) is 0 Å². The van der Waals surface area contributed by atoms with Crippen molar-refractivity contribution in [3.8, 4) is 0 Å². The zero-order valence-corrected chi connectivity index (χ0v) is 10.4. The van der Waals surface area contributed by atoms with Crippen LogP contribution in [0.1, 0.15) is 12.8 Å². The van der Waals surface area contributed by atoms with Crippen LogP contribution in [-0.2, 0) is 15.6 Å². The zero-order chi connectivity index (χ0) is 11.6. The fourth-order valence-corrected chi connectivity index (χ4v) is 2.52. The van der Waals surface area contributed by atoms with Gasteiger partial charge >= 0.3 is 0 Å². The van der Waals surface area contributed by atoms with Crippen molar-refractivity contribution >= 4 is 19.7 Å². The Hall–Kier alpha value is -0.590. The molecule has 5 nitrogen and oxygen atoms in total. The summed E-state index contributed by atoms with van der Waals surface area (Å²) in [6.45, 7) is 3.95. The Kier molecular flexibility index (Phi) is 3.51. The fourth-order valence-electron chi connectivity index (χ4n) is 1.85. The maximum Gasteiger partial charge on any atom is 0.280 e. The van der Waals surface area contributed by atoms with Gasteiger partial charge in [0.2, 0.25) is 0 Å². The van der Waals surface area contributed by atoms with Crippen LogP contribution in [0.2, 0.25) is 0 Å². The molecule has 1 aromatic rings. The monoisotopic (exact) mass is 263 g/mol. The lowest BCUT2D eigenvalue weighted by molar-refractivity contribution is 0.322. The highest BCUT2D eigenvalue weighted by atomic mass is 35.7. The quantitative estimate of drug-likeness (QED) is 0.758. The van der Waals surface area contributed by atoms with Gasteiger partial charge in [0.25, 0.3) is 9.05 Å². The van der Waals surface area contributed by atoms with E-state index in [4.69, 9.17) is 10.7 Å². The van der Waals surface area contributed by atoms with E-state index in [0.29, 0.717) is 0 Å². The van der Waals surface area contributed by atoms with Gasteiger partial charge in [0.15, 0.2) is 5.03 Å². The molecule has 2 rings (SSSR count). The van der Waals surface area contributed by atoms with E-state index in [2.05, 4.69) is 9.88 Å². The number of hydrogen-bond acceptors (Lipinski definition) is 4. The van der Waals surface area contributed by atoms with Crippen LogP contribution in [0.25, 0.3) is 0 Å². The van der Waals surface area contributed by atoms with Crippen LogP contribution in [0.4, 0.5) is 0 Å². The van der Waals surface area contributed by atoms with Gasteiger partial charge in [-0.3, -0.25) is 0 Å². The Labute approximate surface area is 99.4 Å². The van der Waals surface area contributed by atoms with Crippen molar-refractivity contribution in [1.82, 2.24) is 14.5 Å². The number of nitrogens with zero attached hydrogens (tertiary/aromatic N) is 3. The molecule has 0 aromatic carbocycles. The molecule has 0 aliphatic carbocycles. The first-order chi connectivity index (χ1) is 7.55. The van der Waals surface area contributed by atoms with Crippen molar-refractivity contribution in [2.24, 2.45) is 0 Å². The second kappa shape index (κ2) is 4.73. The van der Waals surface area contributed by atoms with Crippen molar-refractivity contribution < 1.29 is 8.42 Å². The number of likely N-dealkylation sites (tertiary alicyclic amines) is 1. The lowest BCUT2D eigenvalue weighted by Gasteiger charge is -2.14. The Balaban J connectivity index is 1.92. The van der Waals surface area contributed by atoms with E-state index >= 15 is 0 Å². The second-order valence-corrected chi connectivity index (χ2v) is 6.45. The average Bonchev–Trinajstić information content (AvgIpc) is 2.85. The summed E-state index contributed by atoms with van der Waals surface area (Å²) in [6.07, 6.45) is 5.49. The molecule has 2 heterocycles. The molecule has 0 amide bonds. The van der Waals surface area contributed by atoms with Gasteiger partial charge in [0.1, 0.15) is 0 Å². The molecule has 1 fully saturated rings. The third-order valence-corrected chi connectivity index (χ3v) is 3.92. The van der Waals surface area contributed by atoms with Crippen molar-refractivity contribution in [3.05, 3.63) is 12.5 Å². The van der Waals surface area contributed by atoms with Gasteiger partial charge in [-0.2, -0.15) is 0 Å². The molecule has 7 heteroatoms. The second-order valence-electron chi connectivity index (χ2n) is 3.94. The molecule has 0 bridgehead atoms. The van der Waals surface area contributed by atoms with Crippen molar-refractivity contribution in [1.29, 1.82) is 0 Å². The summed E-state index contributed by atoms with van der Waals surface area (Å²) in [6, 6.07) is 0. The molecular formula is C9H14ClN3O2S. The van der Waals surface area contributed by atoms with Gasteiger partial charge in [-0.05, 0) is 25.9 Å².